The maximum atomic E-state index is 12.7. The zero-order chi connectivity index (χ0) is 20.7. The molecule has 5 nitrogen and oxygen atoms in total. The molecule has 0 bridgehead atoms. The van der Waals surface area contributed by atoms with Gasteiger partial charge in [-0.1, -0.05) is 31.2 Å². The molecule has 0 aromatic heterocycles. The third kappa shape index (κ3) is 6.38. The summed E-state index contributed by atoms with van der Waals surface area (Å²) in [5.74, 6) is -0.793. The van der Waals surface area contributed by atoms with Crippen molar-refractivity contribution in [2.24, 2.45) is 0 Å². The molecule has 0 saturated heterocycles. The summed E-state index contributed by atoms with van der Waals surface area (Å²) in [6, 6.07) is 11.8. The van der Waals surface area contributed by atoms with Gasteiger partial charge in [0.2, 0.25) is 11.8 Å². The molecule has 2 amide bonds. The Balaban J connectivity index is 1.88. The van der Waals surface area contributed by atoms with Crippen LogP contribution in [0.25, 0.3) is 0 Å². The highest BCUT2D eigenvalue weighted by Crippen LogP contribution is 2.30. The van der Waals surface area contributed by atoms with Crippen LogP contribution < -0.4 is 10.6 Å². The molecule has 8 heteroatoms. The zero-order valence-corrected chi connectivity index (χ0v) is 15.6. The van der Waals surface area contributed by atoms with E-state index in [1.54, 1.807) is 13.1 Å². The fourth-order valence-electron chi connectivity index (χ4n) is 2.66. The van der Waals surface area contributed by atoms with Crippen molar-refractivity contribution >= 4 is 23.2 Å². The van der Waals surface area contributed by atoms with Gasteiger partial charge in [0.05, 0.1) is 18.7 Å². The highest BCUT2D eigenvalue weighted by Gasteiger charge is 2.30. The number of anilines is 2. The van der Waals surface area contributed by atoms with Crippen LogP contribution in [0.15, 0.2) is 48.5 Å². The zero-order valence-electron chi connectivity index (χ0n) is 15.6. The molecule has 150 valence electrons. The van der Waals surface area contributed by atoms with Crippen LogP contribution in [0, 0.1) is 0 Å². The number of hydrogen-bond acceptors (Lipinski definition) is 3. The number of hydrogen-bond donors (Lipinski definition) is 2. The molecule has 0 heterocycles. The first kappa shape index (κ1) is 21.4. The molecular weight excluding hydrogens is 371 g/mol. The maximum Gasteiger partial charge on any atom is 0.416 e. The first-order valence-corrected chi connectivity index (χ1v) is 8.72. The topological polar surface area (TPSA) is 61.4 Å². The molecule has 0 atom stereocenters. The van der Waals surface area contributed by atoms with Gasteiger partial charge in [0.1, 0.15) is 0 Å². The molecule has 0 aliphatic carbocycles. The largest absolute Gasteiger partial charge is 0.416 e. The Labute approximate surface area is 161 Å². The molecule has 2 aromatic carbocycles. The van der Waals surface area contributed by atoms with Crippen LogP contribution in [0.2, 0.25) is 0 Å². The number of likely N-dealkylation sites (N-methyl/N-ethyl adjacent to an activating group) is 1. The van der Waals surface area contributed by atoms with Crippen LogP contribution in [-0.2, 0) is 22.2 Å². The van der Waals surface area contributed by atoms with E-state index >= 15 is 0 Å². The molecule has 0 radical (unpaired) electrons. The number of para-hydroxylation sites is 1. The number of aryl methyl sites for hydroxylation is 1. The summed E-state index contributed by atoms with van der Waals surface area (Å²) in [6.07, 6.45) is -3.71. The SMILES string of the molecule is CCc1ccccc1NC(=O)CN(C)CC(=O)Nc1cccc(C(F)(F)F)c1. The van der Waals surface area contributed by atoms with Crippen molar-refractivity contribution in [3.05, 3.63) is 59.7 Å². The number of halogens is 3. The lowest BCUT2D eigenvalue weighted by Gasteiger charge is -2.17. The Hall–Kier alpha value is -2.87. The monoisotopic (exact) mass is 393 g/mol. The van der Waals surface area contributed by atoms with Gasteiger partial charge in [-0.3, -0.25) is 14.5 Å². The maximum absolute atomic E-state index is 12.7. The van der Waals surface area contributed by atoms with E-state index < -0.39 is 17.6 Å². The standard InChI is InChI=1S/C20H22F3N3O2/c1-3-14-7-4-5-10-17(14)25-19(28)13-26(2)12-18(27)24-16-9-6-8-15(11-16)20(21,22)23/h4-11H,3,12-13H2,1-2H3,(H,24,27)(H,25,28). The molecule has 0 aliphatic heterocycles. The van der Waals surface area contributed by atoms with Gasteiger partial charge >= 0.3 is 6.18 Å². The van der Waals surface area contributed by atoms with Crippen molar-refractivity contribution in [1.29, 1.82) is 0 Å². The van der Waals surface area contributed by atoms with E-state index in [2.05, 4.69) is 10.6 Å². The molecule has 0 aliphatic rings. The molecule has 0 unspecified atom stereocenters. The van der Waals surface area contributed by atoms with Crippen molar-refractivity contribution < 1.29 is 22.8 Å². The number of carbonyl (C=O) groups excluding carboxylic acids is 2. The second-order valence-electron chi connectivity index (χ2n) is 6.36. The molecular formula is C20H22F3N3O2. The van der Waals surface area contributed by atoms with E-state index in [9.17, 15) is 22.8 Å². The second-order valence-corrected chi connectivity index (χ2v) is 6.36. The summed E-state index contributed by atoms with van der Waals surface area (Å²) < 4.78 is 38.2. The summed E-state index contributed by atoms with van der Waals surface area (Å²) in [6.45, 7) is 1.81. The first-order valence-electron chi connectivity index (χ1n) is 8.72. The average molecular weight is 393 g/mol. The first-order chi connectivity index (χ1) is 13.2. The summed E-state index contributed by atoms with van der Waals surface area (Å²) in [7, 11) is 1.58. The van der Waals surface area contributed by atoms with Crippen LogP contribution in [0.1, 0.15) is 18.1 Å². The lowest BCUT2D eigenvalue weighted by Crippen LogP contribution is -2.36. The third-order valence-corrected chi connectivity index (χ3v) is 3.97. The quantitative estimate of drug-likeness (QED) is 0.753. The Kier molecular flexibility index (Phi) is 7.17. The van der Waals surface area contributed by atoms with Gasteiger partial charge in [-0.05, 0) is 43.3 Å². The van der Waals surface area contributed by atoms with E-state index in [4.69, 9.17) is 0 Å². The van der Waals surface area contributed by atoms with Crippen LogP contribution in [0.4, 0.5) is 24.5 Å². The molecule has 2 rings (SSSR count). The summed E-state index contributed by atoms with van der Waals surface area (Å²) >= 11 is 0. The van der Waals surface area contributed by atoms with Crippen molar-refractivity contribution in [3.63, 3.8) is 0 Å². The number of rotatable bonds is 7. The highest BCUT2D eigenvalue weighted by molar-refractivity contribution is 5.95. The molecule has 28 heavy (non-hydrogen) atoms. The van der Waals surface area contributed by atoms with Crippen molar-refractivity contribution in [2.45, 2.75) is 19.5 Å². The fraction of sp³-hybridized carbons (Fsp3) is 0.300. The minimum Gasteiger partial charge on any atom is -0.325 e. The third-order valence-electron chi connectivity index (χ3n) is 3.97. The predicted molar refractivity (Wildman–Crippen MR) is 102 cm³/mol. The number of nitrogens with one attached hydrogen (secondary N) is 2. The van der Waals surface area contributed by atoms with Gasteiger partial charge in [-0.15, -0.1) is 0 Å². The van der Waals surface area contributed by atoms with Crippen molar-refractivity contribution in [3.8, 4) is 0 Å². The van der Waals surface area contributed by atoms with E-state index in [0.29, 0.717) is 0 Å². The molecule has 2 N–H and O–H groups in total. The van der Waals surface area contributed by atoms with Gasteiger partial charge in [-0.25, -0.2) is 0 Å². The number of nitrogens with zero attached hydrogens (tertiary/aromatic N) is 1. The predicted octanol–water partition coefficient (Wildman–Crippen LogP) is 3.78. The lowest BCUT2D eigenvalue weighted by atomic mass is 10.1. The van der Waals surface area contributed by atoms with Gasteiger partial charge < -0.3 is 10.6 Å². The lowest BCUT2D eigenvalue weighted by molar-refractivity contribution is -0.137. The Morgan fingerprint density at radius 2 is 1.61 bits per heavy atom. The van der Waals surface area contributed by atoms with E-state index in [1.807, 2.05) is 25.1 Å². The number of carbonyl (C=O) groups is 2. The minimum atomic E-state index is -4.48. The summed E-state index contributed by atoms with van der Waals surface area (Å²) in [4.78, 5) is 25.7. The Bertz CT molecular complexity index is 837. The Morgan fingerprint density at radius 3 is 2.25 bits per heavy atom. The van der Waals surface area contributed by atoms with E-state index in [-0.39, 0.29) is 24.7 Å². The van der Waals surface area contributed by atoms with Crippen LogP contribution in [0.5, 0.6) is 0 Å². The van der Waals surface area contributed by atoms with Crippen molar-refractivity contribution in [1.82, 2.24) is 4.90 Å². The van der Waals surface area contributed by atoms with Gasteiger partial charge in [0.15, 0.2) is 0 Å². The van der Waals surface area contributed by atoms with Crippen molar-refractivity contribution in [2.75, 3.05) is 30.8 Å². The smallest absolute Gasteiger partial charge is 0.325 e. The number of benzene rings is 2. The molecule has 2 aromatic rings. The highest BCUT2D eigenvalue weighted by atomic mass is 19.4. The molecule has 0 fully saturated rings. The van der Waals surface area contributed by atoms with E-state index in [0.717, 1.165) is 29.8 Å². The number of amides is 2. The van der Waals surface area contributed by atoms with E-state index in [1.165, 1.54) is 17.0 Å². The summed E-state index contributed by atoms with van der Waals surface area (Å²) in [5.41, 5.74) is 0.930. The summed E-state index contributed by atoms with van der Waals surface area (Å²) in [5, 5.41) is 5.22. The van der Waals surface area contributed by atoms with Crippen LogP contribution in [-0.4, -0.2) is 36.9 Å². The van der Waals surface area contributed by atoms with Crippen LogP contribution >= 0.6 is 0 Å². The molecule has 0 spiro atoms. The Morgan fingerprint density at radius 1 is 0.964 bits per heavy atom. The normalized spacial score (nSPS) is 11.4. The number of alkyl halides is 3. The van der Waals surface area contributed by atoms with Gasteiger partial charge in [-0.2, -0.15) is 13.2 Å². The minimum absolute atomic E-state index is 0.0337. The van der Waals surface area contributed by atoms with Crippen LogP contribution in [0.3, 0.4) is 0 Å². The molecule has 0 saturated carbocycles. The fourth-order valence-corrected chi connectivity index (χ4v) is 2.66. The second kappa shape index (κ2) is 9.36. The van der Waals surface area contributed by atoms with Gasteiger partial charge in [0, 0.05) is 11.4 Å². The average Bonchev–Trinajstić information content (AvgIpc) is 2.61. The van der Waals surface area contributed by atoms with Gasteiger partial charge in [0.25, 0.3) is 0 Å².